The molecule has 2 rings (SSSR count). The lowest BCUT2D eigenvalue weighted by Crippen LogP contribution is -2.25. The van der Waals surface area contributed by atoms with Crippen LogP contribution in [0.2, 0.25) is 0 Å². The van der Waals surface area contributed by atoms with Gasteiger partial charge in [0, 0.05) is 11.8 Å². The van der Waals surface area contributed by atoms with Gasteiger partial charge in [-0.3, -0.25) is 9.79 Å². The summed E-state index contributed by atoms with van der Waals surface area (Å²) in [5, 5.41) is 0.848. The standard InChI is InChI=1S/C10H7Cl2NO/c1-5-2-10(14)6-3-7(11)8(12)4-9(6)13-5/h2-4,6H,1H3. The van der Waals surface area contributed by atoms with E-state index in [4.69, 9.17) is 23.2 Å². The van der Waals surface area contributed by atoms with Gasteiger partial charge in [0.15, 0.2) is 5.78 Å². The first-order chi connectivity index (χ1) is 6.58. The Labute approximate surface area is 91.6 Å². The lowest BCUT2D eigenvalue weighted by Gasteiger charge is -2.19. The van der Waals surface area contributed by atoms with Crippen molar-refractivity contribution in [3.8, 4) is 0 Å². The van der Waals surface area contributed by atoms with Crippen LogP contribution in [0.4, 0.5) is 0 Å². The summed E-state index contributed by atoms with van der Waals surface area (Å²) in [4.78, 5) is 15.8. The second-order valence-electron chi connectivity index (χ2n) is 3.21. The molecule has 1 aliphatic carbocycles. The molecule has 0 bridgehead atoms. The molecule has 0 N–H and O–H groups in total. The Bertz CT molecular complexity index is 429. The average Bonchev–Trinajstić information content (AvgIpc) is 2.08. The molecule has 0 radical (unpaired) electrons. The first-order valence-corrected chi connectivity index (χ1v) is 4.89. The number of nitrogens with zero attached hydrogens (tertiary/aromatic N) is 1. The van der Waals surface area contributed by atoms with Gasteiger partial charge in [-0.15, -0.1) is 0 Å². The Morgan fingerprint density at radius 1 is 1.29 bits per heavy atom. The molecule has 0 aromatic rings. The third-order valence-corrected chi connectivity index (χ3v) is 2.84. The first-order valence-electron chi connectivity index (χ1n) is 4.13. The molecule has 0 saturated carbocycles. The van der Waals surface area contributed by atoms with Gasteiger partial charge in [0.1, 0.15) is 0 Å². The molecule has 2 aliphatic rings. The van der Waals surface area contributed by atoms with Crippen LogP contribution in [0.1, 0.15) is 6.92 Å². The van der Waals surface area contributed by atoms with Crippen molar-refractivity contribution >= 4 is 34.7 Å². The molecule has 0 aromatic carbocycles. The zero-order valence-corrected chi connectivity index (χ0v) is 8.93. The zero-order chi connectivity index (χ0) is 10.3. The van der Waals surface area contributed by atoms with Crippen molar-refractivity contribution in [2.75, 3.05) is 0 Å². The predicted octanol–water partition coefficient (Wildman–Crippen LogP) is 2.79. The van der Waals surface area contributed by atoms with E-state index in [9.17, 15) is 4.79 Å². The minimum Gasteiger partial charge on any atom is -0.294 e. The molecule has 1 heterocycles. The van der Waals surface area contributed by atoms with E-state index in [0.717, 1.165) is 0 Å². The van der Waals surface area contributed by atoms with Gasteiger partial charge in [-0.1, -0.05) is 23.2 Å². The summed E-state index contributed by atoms with van der Waals surface area (Å²) in [6.07, 6.45) is 4.79. The lowest BCUT2D eigenvalue weighted by atomic mass is 9.91. The van der Waals surface area contributed by atoms with Crippen LogP contribution in [0.15, 0.2) is 39.0 Å². The van der Waals surface area contributed by atoms with E-state index in [1.165, 1.54) is 6.08 Å². The maximum atomic E-state index is 11.6. The molecule has 1 aliphatic heterocycles. The van der Waals surface area contributed by atoms with Crippen molar-refractivity contribution < 1.29 is 4.79 Å². The fourth-order valence-corrected chi connectivity index (χ4v) is 1.82. The third kappa shape index (κ3) is 1.56. The quantitative estimate of drug-likeness (QED) is 0.626. The highest BCUT2D eigenvalue weighted by Crippen LogP contribution is 2.30. The van der Waals surface area contributed by atoms with Gasteiger partial charge >= 0.3 is 0 Å². The summed E-state index contributed by atoms with van der Waals surface area (Å²) >= 11 is 11.7. The number of carbonyl (C=O) groups excluding carboxylic acids is 1. The summed E-state index contributed by atoms with van der Waals surface area (Å²) in [6, 6.07) is 0. The molecule has 0 saturated heterocycles. The van der Waals surface area contributed by atoms with Crippen LogP contribution < -0.4 is 0 Å². The Balaban J connectivity index is 2.49. The molecule has 72 valence electrons. The van der Waals surface area contributed by atoms with Crippen LogP contribution in [0.5, 0.6) is 0 Å². The first kappa shape index (κ1) is 9.69. The highest BCUT2D eigenvalue weighted by atomic mass is 35.5. The minimum atomic E-state index is -0.353. The molecule has 0 fully saturated rings. The van der Waals surface area contributed by atoms with Gasteiger partial charge in [0.05, 0.1) is 21.7 Å². The van der Waals surface area contributed by atoms with Crippen molar-refractivity contribution in [2.24, 2.45) is 10.9 Å². The second kappa shape index (κ2) is 3.37. The van der Waals surface area contributed by atoms with Crippen molar-refractivity contribution in [1.29, 1.82) is 0 Å². The third-order valence-electron chi connectivity index (χ3n) is 2.10. The summed E-state index contributed by atoms with van der Waals surface area (Å²) < 4.78 is 0. The molecule has 0 aromatic heterocycles. The van der Waals surface area contributed by atoms with E-state index >= 15 is 0 Å². The molecule has 4 heteroatoms. The normalized spacial score (nSPS) is 25.9. The summed E-state index contributed by atoms with van der Waals surface area (Å²) in [5.74, 6) is -0.347. The van der Waals surface area contributed by atoms with Gasteiger partial charge in [-0.05, 0) is 19.1 Å². The smallest absolute Gasteiger partial charge is 0.170 e. The Morgan fingerprint density at radius 2 is 2.00 bits per heavy atom. The molecule has 1 unspecified atom stereocenters. The molecule has 0 spiro atoms. The van der Waals surface area contributed by atoms with Crippen LogP contribution in [-0.4, -0.2) is 11.5 Å². The molecule has 0 amide bonds. The highest BCUT2D eigenvalue weighted by molar-refractivity contribution is 6.46. The van der Waals surface area contributed by atoms with Crippen LogP contribution in [-0.2, 0) is 4.79 Å². The van der Waals surface area contributed by atoms with Gasteiger partial charge in [0.2, 0.25) is 0 Å². The van der Waals surface area contributed by atoms with E-state index in [-0.39, 0.29) is 11.7 Å². The van der Waals surface area contributed by atoms with Gasteiger partial charge < -0.3 is 0 Å². The number of ketones is 1. The maximum absolute atomic E-state index is 11.6. The van der Waals surface area contributed by atoms with Crippen molar-refractivity contribution in [2.45, 2.75) is 6.92 Å². The highest BCUT2D eigenvalue weighted by Gasteiger charge is 2.27. The number of halogens is 2. The number of aliphatic imine (C=N–C) groups is 1. The number of hydrogen-bond acceptors (Lipinski definition) is 2. The lowest BCUT2D eigenvalue weighted by molar-refractivity contribution is -0.115. The van der Waals surface area contributed by atoms with E-state index in [0.29, 0.717) is 21.5 Å². The van der Waals surface area contributed by atoms with Crippen molar-refractivity contribution in [1.82, 2.24) is 0 Å². The minimum absolute atomic E-state index is 0.00562. The van der Waals surface area contributed by atoms with E-state index in [1.807, 2.05) is 0 Å². The Morgan fingerprint density at radius 3 is 2.71 bits per heavy atom. The van der Waals surface area contributed by atoms with E-state index < -0.39 is 0 Å². The molecular formula is C10H7Cl2NO. The van der Waals surface area contributed by atoms with Crippen LogP contribution in [0.3, 0.4) is 0 Å². The number of rotatable bonds is 0. The van der Waals surface area contributed by atoms with Crippen molar-refractivity contribution in [3.05, 3.63) is 34.0 Å². The zero-order valence-electron chi connectivity index (χ0n) is 7.42. The average molecular weight is 228 g/mol. The monoisotopic (exact) mass is 227 g/mol. The maximum Gasteiger partial charge on any atom is 0.170 e. The molecule has 2 nitrogen and oxygen atoms in total. The molecule has 1 atom stereocenters. The van der Waals surface area contributed by atoms with E-state index in [2.05, 4.69) is 4.99 Å². The fourth-order valence-electron chi connectivity index (χ4n) is 1.46. The van der Waals surface area contributed by atoms with Gasteiger partial charge in [-0.25, -0.2) is 0 Å². The number of hydrogen-bond donors (Lipinski definition) is 0. The number of allylic oxidation sites excluding steroid dienone is 6. The van der Waals surface area contributed by atoms with Crippen LogP contribution in [0, 0.1) is 5.92 Å². The predicted molar refractivity (Wildman–Crippen MR) is 57.6 cm³/mol. The largest absolute Gasteiger partial charge is 0.294 e. The summed E-state index contributed by atoms with van der Waals surface area (Å²) in [5.41, 5.74) is 1.37. The van der Waals surface area contributed by atoms with Crippen LogP contribution in [0.25, 0.3) is 0 Å². The van der Waals surface area contributed by atoms with E-state index in [1.54, 1.807) is 19.1 Å². The summed E-state index contributed by atoms with van der Waals surface area (Å²) in [7, 11) is 0. The second-order valence-corrected chi connectivity index (χ2v) is 4.02. The van der Waals surface area contributed by atoms with Crippen molar-refractivity contribution in [3.63, 3.8) is 0 Å². The van der Waals surface area contributed by atoms with Gasteiger partial charge in [0.25, 0.3) is 0 Å². The Kier molecular flexibility index (Phi) is 2.33. The number of carbonyl (C=O) groups is 1. The fraction of sp³-hybridized carbons (Fsp3) is 0.200. The molecule has 14 heavy (non-hydrogen) atoms. The topological polar surface area (TPSA) is 29.4 Å². The molecular weight excluding hydrogens is 221 g/mol. The SMILES string of the molecule is CC1=CC(=O)C2C=C(Cl)C(Cl)=CC2=N1. The van der Waals surface area contributed by atoms with Gasteiger partial charge in [-0.2, -0.15) is 0 Å². The van der Waals surface area contributed by atoms with Crippen LogP contribution >= 0.6 is 23.2 Å². The Hall–Kier alpha value is -0.860. The summed E-state index contributed by atoms with van der Waals surface area (Å²) in [6.45, 7) is 1.78. The number of fused-ring (bicyclic) bond motifs is 1.